The average molecular weight is 332 g/mol. The molecule has 0 aliphatic carbocycles. The van der Waals surface area contributed by atoms with E-state index in [9.17, 15) is 9.18 Å². The number of ether oxygens (including phenoxy) is 2. The Morgan fingerprint density at radius 1 is 1.58 bits per heavy atom. The summed E-state index contributed by atoms with van der Waals surface area (Å²) in [5.41, 5.74) is 0.262. The van der Waals surface area contributed by atoms with Gasteiger partial charge in [-0.3, -0.25) is 4.79 Å². The third-order valence-corrected chi connectivity index (χ3v) is 3.42. The largest absolute Gasteiger partial charge is 0.349 e. The van der Waals surface area contributed by atoms with Crippen molar-refractivity contribution in [3.63, 3.8) is 0 Å². The molecule has 6 heteroatoms. The standard InChI is InChI=1S/C13H15BrFNO3/c1-13(2)18-7-9(19-13)6-16-12(17)10-5-8(15)3-4-11(10)14/h3-5,9H,6-7H2,1-2H3,(H,16,17). The Labute approximate surface area is 119 Å². The highest BCUT2D eigenvalue weighted by atomic mass is 79.9. The summed E-state index contributed by atoms with van der Waals surface area (Å²) < 4.78 is 24.6. The second-order valence-electron chi connectivity index (χ2n) is 4.78. The molecule has 1 heterocycles. The quantitative estimate of drug-likeness (QED) is 0.925. The van der Waals surface area contributed by atoms with E-state index in [-0.39, 0.29) is 17.6 Å². The number of hydrogen-bond donors (Lipinski definition) is 1. The van der Waals surface area contributed by atoms with Crippen molar-refractivity contribution in [1.82, 2.24) is 5.32 Å². The molecule has 1 N–H and O–H groups in total. The van der Waals surface area contributed by atoms with Crippen molar-refractivity contribution in [1.29, 1.82) is 0 Å². The number of benzene rings is 1. The van der Waals surface area contributed by atoms with Crippen LogP contribution in [0.3, 0.4) is 0 Å². The van der Waals surface area contributed by atoms with E-state index in [4.69, 9.17) is 9.47 Å². The summed E-state index contributed by atoms with van der Waals surface area (Å²) in [5.74, 6) is -1.41. The topological polar surface area (TPSA) is 47.6 Å². The second-order valence-corrected chi connectivity index (χ2v) is 5.64. The lowest BCUT2D eigenvalue weighted by molar-refractivity contribution is -0.137. The van der Waals surface area contributed by atoms with Crippen molar-refractivity contribution in [2.45, 2.75) is 25.7 Å². The van der Waals surface area contributed by atoms with Crippen molar-refractivity contribution in [2.75, 3.05) is 13.2 Å². The van der Waals surface area contributed by atoms with Crippen LogP contribution in [0.5, 0.6) is 0 Å². The molecule has 4 nitrogen and oxygen atoms in total. The summed E-state index contributed by atoms with van der Waals surface area (Å²) in [6, 6.07) is 3.98. The highest BCUT2D eigenvalue weighted by Gasteiger charge is 2.32. The Balaban J connectivity index is 1.93. The molecular formula is C13H15BrFNO3. The van der Waals surface area contributed by atoms with Gasteiger partial charge in [0.15, 0.2) is 5.79 Å². The van der Waals surface area contributed by atoms with Gasteiger partial charge in [-0.15, -0.1) is 0 Å². The maximum Gasteiger partial charge on any atom is 0.252 e. The van der Waals surface area contributed by atoms with Gasteiger partial charge < -0.3 is 14.8 Å². The molecule has 0 aromatic heterocycles. The summed E-state index contributed by atoms with van der Waals surface area (Å²) in [7, 11) is 0. The molecule has 1 aromatic rings. The van der Waals surface area contributed by atoms with Crippen molar-refractivity contribution in [2.24, 2.45) is 0 Å². The van der Waals surface area contributed by atoms with E-state index in [1.54, 1.807) is 0 Å². The number of hydrogen-bond acceptors (Lipinski definition) is 3. The van der Waals surface area contributed by atoms with Gasteiger partial charge in [-0.2, -0.15) is 0 Å². The summed E-state index contributed by atoms with van der Waals surface area (Å²) >= 11 is 3.22. The highest BCUT2D eigenvalue weighted by Crippen LogP contribution is 2.22. The molecule has 19 heavy (non-hydrogen) atoms. The van der Waals surface area contributed by atoms with Crippen LogP contribution in [-0.2, 0) is 9.47 Å². The number of carbonyl (C=O) groups excluding carboxylic acids is 1. The first-order valence-corrected chi connectivity index (χ1v) is 6.72. The molecule has 1 amide bonds. The van der Waals surface area contributed by atoms with Crippen molar-refractivity contribution in [3.05, 3.63) is 34.1 Å². The molecule has 1 saturated heterocycles. The van der Waals surface area contributed by atoms with Crippen LogP contribution in [0.15, 0.2) is 22.7 Å². The van der Waals surface area contributed by atoms with Gasteiger partial charge in [0.1, 0.15) is 11.9 Å². The molecule has 1 fully saturated rings. The smallest absolute Gasteiger partial charge is 0.252 e. The minimum Gasteiger partial charge on any atom is -0.349 e. The van der Waals surface area contributed by atoms with Gasteiger partial charge in [0.2, 0.25) is 0 Å². The van der Waals surface area contributed by atoms with Crippen molar-refractivity contribution < 1.29 is 18.7 Å². The van der Waals surface area contributed by atoms with Gasteiger partial charge in [-0.1, -0.05) is 0 Å². The van der Waals surface area contributed by atoms with E-state index in [0.717, 1.165) is 0 Å². The summed E-state index contributed by atoms with van der Waals surface area (Å²) in [4.78, 5) is 11.9. The van der Waals surface area contributed by atoms with Crippen LogP contribution in [0, 0.1) is 5.82 Å². The molecule has 2 rings (SSSR count). The highest BCUT2D eigenvalue weighted by molar-refractivity contribution is 9.10. The van der Waals surface area contributed by atoms with Crippen LogP contribution in [0.25, 0.3) is 0 Å². The first-order valence-electron chi connectivity index (χ1n) is 5.92. The van der Waals surface area contributed by atoms with Crippen LogP contribution in [0.1, 0.15) is 24.2 Å². The third-order valence-electron chi connectivity index (χ3n) is 2.73. The number of nitrogens with one attached hydrogen (secondary N) is 1. The van der Waals surface area contributed by atoms with E-state index in [2.05, 4.69) is 21.2 Å². The van der Waals surface area contributed by atoms with Gasteiger partial charge in [-0.25, -0.2) is 4.39 Å². The summed E-state index contributed by atoms with van der Waals surface area (Å²) in [5, 5.41) is 2.71. The van der Waals surface area contributed by atoms with E-state index in [1.165, 1.54) is 18.2 Å². The fraction of sp³-hybridized carbons (Fsp3) is 0.462. The van der Waals surface area contributed by atoms with Crippen LogP contribution >= 0.6 is 15.9 Å². The predicted octanol–water partition coefficient (Wildman–Crippen LogP) is 2.47. The molecule has 0 spiro atoms. The summed E-state index contributed by atoms with van der Waals surface area (Å²) in [6.07, 6.45) is -0.189. The molecule has 1 aliphatic heterocycles. The van der Waals surface area contributed by atoms with Gasteiger partial charge in [0.05, 0.1) is 12.2 Å². The molecule has 104 valence electrons. The fourth-order valence-electron chi connectivity index (χ4n) is 1.84. The number of carbonyl (C=O) groups is 1. The first kappa shape index (κ1) is 14.4. The van der Waals surface area contributed by atoms with Gasteiger partial charge in [-0.05, 0) is 48.0 Å². The molecule has 1 atom stereocenters. The zero-order chi connectivity index (χ0) is 14.0. The number of amides is 1. The maximum absolute atomic E-state index is 13.1. The molecule has 1 unspecified atom stereocenters. The van der Waals surface area contributed by atoms with Crippen molar-refractivity contribution in [3.8, 4) is 0 Å². The summed E-state index contributed by atoms with van der Waals surface area (Å²) in [6.45, 7) is 4.39. The van der Waals surface area contributed by atoms with E-state index < -0.39 is 11.6 Å². The van der Waals surface area contributed by atoms with Gasteiger partial charge in [0, 0.05) is 11.0 Å². The monoisotopic (exact) mass is 331 g/mol. The first-order chi connectivity index (χ1) is 8.87. The molecular weight excluding hydrogens is 317 g/mol. The molecule has 0 radical (unpaired) electrons. The van der Waals surface area contributed by atoms with E-state index in [0.29, 0.717) is 17.6 Å². The van der Waals surface area contributed by atoms with Crippen LogP contribution in [0.4, 0.5) is 4.39 Å². The average Bonchev–Trinajstić information content (AvgIpc) is 2.69. The Morgan fingerprint density at radius 2 is 2.32 bits per heavy atom. The van der Waals surface area contributed by atoms with Crippen LogP contribution in [-0.4, -0.2) is 30.9 Å². The van der Waals surface area contributed by atoms with Crippen LogP contribution in [0.2, 0.25) is 0 Å². The van der Waals surface area contributed by atoms with Crippen molar-refractivity contribution >= 4 is 21.8 Å². The third kappa shape index (κ3) is 3.75. The van der Waals surface area contributed by atoms with Gasteiger partial charge in [0.25, 0.3) is 5.91 Å². The van der Waals surface area contributed by atoms with E-state index in [1.807, 2.05) is 13.8 Å². The number of halogens is 2. The van der Waals surface area contributed by atoms with Crippen LogP contribution < -0.4 is 5.32 Å². The van der Waals surface area contributed by atoms with E-state index >= 15 is 0 Å². The molecule has 1 aromatic carbocycles. The molecule has 1 aliphatic rings. The SMILES string of the molecule is CC1(C)OCC(CNC(=O)c2cc(F)ccc2Br)O1. The lowest BCUT2D eigenvalue weighted by Crippen LogP contribution is -2.34. The normalized spacial score (nSPS) is 21.4. The number of rotatable bonds is 3. The Bertz CT molecular complexity index is 493. The lowest BCUT2D eigenvalue weighted by Gasteiger charge is -2.17. The lowest BCUT2D eigenvalue weighted by atomic mass is 10.2. The maximum atomic E-state index is 13.1. The second kappa shape index (κ2) is 5.56. The Kier molecular flexibility index (Phi) is 4.23. The minimum atomic E-state index is -0.616. The fourth-order valence-corrected chi connectivity index (χ4v) is 2.26. The van der Waals surface area contributed by atoms with Gasteiger partial charge >= 0.3 is 0 Å². The zero-order valence-corrected chi connectivity index (χ0v) is 12.3. The molecule has 0 saturated carbocycles. The Hall–Kier alpha value is -0.980. The minimum absolute atomic E-state index is 0.189. The molecule has 0 bridgehead atoms. The predicted molar refractivity (Wildman–Crippen MR) is 71.3 cm³/mol. The zero-order valence-electron chi connectivity index (χ0n) is 10.7. The Morgan fingerprint density at radius 3 is 2.95 bits per heavy atom.